The molecule has 0 saturated carbocycles. The number of fused-ring (bicyclic) bond motifs is 3. The minimum Gasteiger partial charge on any atom is -0.452 e. The summed E-state index contributed by atoms with van der Waals surface area (Å²) in [7, 11) is 0. The Kier molecular flexibility index (Phi) is 5.81. The van der Waals surface area contributed by atoms with Gasteiger partial charge in [-0.2, -0.15) is 0 Å². The molecule has 2 aliphatic rings. The van der Waals surface area contributed by atoms with Gasteiger partial charge in [0.25, 0.3) is 17.7 Å². The number of nitrogens with one attached hydrogen (secondary N) is 1. The third kappa shape index (κ3) is 4.02. The molecule has 0 radical (unpaired) electrons. The fraction of sp³-hybridized carbons (Fsp3) is 0.0714. The number of hydrogen-bond donors (Lipinski definition) is 1. The van der Waals surface area contributed by atoms with E-state index in [0.29, 0.717) is 11.1 Å². The van der Waals surface area contributed by atoms with Crippen LogP contribution < -0.4 is 5.32 Å². The van der Waals surface area contributed by atoms with Crippen molar-refractivity contribution >= 4 is 40.9 Å². The molecule has 5 rings (SSSR count). The Balaban J connectivity index is 1.25. The molecule has 1 heterocycles. The van der Waals surface area contributed by atoms with Crippen molar-refractivity contribution in [2.45, 2.75) is 0 Å². The first-order valence-electron chi connectivity index (χ1n) is 11.2. The molecule has 0 saturated heterocycles. The largest absolute Gasteiger partial charge is 0.452 e. The van der Waals surface area contributed by atoms with Crippen LogP contribution in [0.15, 0.2) is 73.3 Å². The topological polar surface area (TPSA) is 127 Å². The van der Waals surface area contributed by atoms with Gasteiger partial charge >= 0.3 is 5.97 Å². The predicted octanol–water partition coefficient (Wildman–Crippen LogP) is 3.04. The summed E-state index contributed by atoms with van der Waals surface area (Å²) in [5.74, 6) is -3.16. The maximum Gasteiger partial charge on any atom is 0.338 e. The summed E-state index contributed by atoms with van der Waals surface area (Å²) in [6.45, 7) is 2.92. The van der Waals surface area contributed by atoms with E-state index >= 15 is 0 Å². The molecule has 0 aromatic heterocycles. The van der Waals surface area contributed by atoms with E-state index in [1.807, 2.05) is 0 Å². The number of ether oxygens (including phenoxy) is 1. The van der Waals surface area contributed by atoms with Crippen molar-refractivity contribution in [2.75, 3.05) is 18.5 Å². The highest BCUT2D eigenvalue weighted by Crippen LogP contribution is 2.29. The first-order valence-corrected chi connectivity index (χ1v) is 11.2. The van der Waals surface area contributed by atoms with Gasteiger partial charge in [-0.15, -0.1) is 6.58 Å². The number of amides is 3. The summed E-state index contributed by atoms with van der Waals surface area (Å²) in [5, 5.41) is 2.54. The molecule has 3 amide bonds. The third-order valence-electron chi connectivity index (χ3n) is 6.06. The zero-order valence-corrected chi connectivity index (χ0v) is 19.3. The van der Waals surface area contributed by atoms with E-state index in [-0.39, 0.29) is 51.6 Å². The minimum atomic E-state index is -0.858. The molecule has 1 N–H and O–H groups in total. The fourth-order valence-electron chi connectivity index (χ4n) is 4.30. The summed E-state index contributed by atoms with van der Waals surface area (Å²) in [4.78, 5) is 76.2. The van der Waals surface area contributed by atoms with Gasteiger partial charge in [0.05, 0.1) is 16.7 Å². The van der Waals surface area contributed by atoms with Gasteiger partial charge in [-0.3, -0.25) is 28.9 Å². The summed E-state index contributed by atoms with van der Waals surface area (Å²) < 4.78 is 5.06. The normalized spacial score (nSPS) is 13.6. The van der Waals surface area contributed by atoms with Gasteiger partial charge in [-0.05, 0) is 36.4 Å². The van der Waals surface area contributed by atoms with Crippen LogP contribution in [0.2, 0.25) is 0 Å². The smallest absolute Gasteiger partial charge is 0.338 e. The minimum absolute atomic E-state index is 0.00436. The van der Waals surface area contributed by atoms with Crippen LogP contribution in [0.3, 0.4) is 0 Å². The van der Waals surface area contributed by atoms with Gasteiger partial charge in [0.1, 0.15) is 0 Å². The van der Waals surface area contributed by atoms with Gasteiger partial charge < -0.3 is 10.1 Å². The lowest BCUT2D eigenvalue weighted by Crippen LogP contribution is -2.29. The second-order valence-electron chi connectivity index (χ2n) is 8.36. The van der Waals surface area contributed by atoms with Crippen molar-refractivity contribution in [3.63, 3.8) is 0 Å². The highest BCUT2D eigenvalue weighted by atomic mass is 16.5. The molecule has 182 valence electrons. The molecule has 0 unspecified atom stereocenters. The summed E-state index contributed by atoms with van der Waals surface area (Å²) in [6.07, 6.45) is 1.42. The van der Waals surface area contributed by atoms with Crippen LogP contribution in [0.4, 0.5) is 5.69 Å². The maximum atomic E-state index is 12.9. The van der Waals surface area contributed by atoms with Crippen LogP contribution in [-0.2, 0) is 9.53 Å². The third-order valence-corrected chi connectivity index (χ3v) is 6.06. The molecular formula is C28H18N2O7. The number of carbonyl (C=O) groups excluding carboxylic acids is 6. The number of esters is 1. The number of nitrogens with zero attached hydrogens (tertiary/aromatic N) is 1. The second-order valence-corrected chi connectivity index (χ2v) is 8.36. The average molecular weight is 494 g/mol. The summed E-state index contributed by atoms with van der Waals surface area (Å²) >= 11 is 0. The van der Waals surface area contributed by atoms with Crippen molar-refractivity contribution in [3.8, 4) is 0 Å². The van der Waals surface area contributed by atoms with Gasteiger partial charge in [0.15, 0.2) is 18.2 Å². The fourth-order valence-corrected chi connectivity index (χ4v) is 4.30. The van der Waals surface area contributed by atoms with Crippen molar-refractivity contribution in [2.24, 2.45) is 0 Å². The van der Waals surface area contributed by atoms with E-state index < -0.39 is 30.3 Å². The van der Waals surface area contributed by atoms with Crippen LogP contribution in [-0.4, -0.2) is 53.3 Å². The Morgan fingerprint density at radius 3 is 2.11 bits per heavy atom. The zero-order chi connectivity index (χ0) is 26.3. The number of hydrogen-bond acceptors (Lipinski definition) is 7. The maximum absolute atomic E-state index is 12.9. The van der Waals surface area contributed by atoms with Gasteiger partial charge in [0.2, 0.25) is 0 Å². The van der Waals surface area contributed by atoms with Crippen LogP contribution in [0.1, 0.15) is 62.9 Å². The lowest BCUT2D eigenvalue weighted by atomic mass is 9.84. The van der Waals surface area contributed by atoms with E-state index in [1.165, 1.54) is 42.5 Å². The first-order chi connectivity index (χ1) is 17.8. The molecule has 3 aromatic rings. The van der Waals surface area contributed by atoms with Gasteiger partial charge in [-0.25, -0.2) is 4.79 Å². The molecular weight excluding hydrogens is 476 g/mol. The van der Waals surface area contributed by atoms with Crippen LogP contribution in [0, 0.1) is 0 Å². The molecule has 37 heavy (non-hydrogen) atoms. The lowest BCUT2D eigenvalue weighted by molar-refractivity contribution is -0.119. The lowest BCUT2D eigenvalue weighted by Gasteiger charge is -2.18. The Morgan fingerprint density at radius 2 is 1.41 bits per heavy atom. The van der Waals surface area contributed by atoms with Gasteiger partial charge in [0, 0.05) is 34.5 Å². The molecule has 0 spiro atoms. The molecule has 9 nitrogen and oxygen atoms in total. The number of imide groups is 1. The second kappa shape index (κ2) is 9.12. The average Bonchev–Trinajstić information content (AvgIpc) is 3.15. The molecule has 3 aromatic carbocycles. The quantitative estimate of drug-likeness (QED) is 0.248. The van der Waals surface area contributed by atoms with Crippen LogP contribution in [0.25, 0.3) is 0 Å². The van der Waals surface area contributed by atoms with Crippen molar-refractivity contribution in [1.82, 2.24) is 4.90 Å². The van der Waals surface area contributed by atoms with Crippen molar-refractivity contribution in [3.05, 3.63) is 112 Å². The SMILES string of the molecule is C=CCN1C(=O)c2ccc(C(=O)OCC(=O)Nc3ccc4c(c3)C(=O)c3ccccc3C4=O)cc2C1=O. The molecule has 0 fully saturated rings. The molecule has 1 aliphatic heterocycles. The van der Waals surface area contributed by atoms with E-state index in [1.54, 1.807) is 24.3 Å². The highest BCUT2D eigenvalue weighted by molar-refractivity contribution is 6.28. The van der Waals surface area contributed by atoms with E-state index in [9.17, 15) is 28.8 Å². The van der Waals surface area contributed by atoms with E-state index in [2.05, 4.69) is 11.9 Å². The van der Waals surface area contributed by atoms with Crippen molar-refractivity contribution in [1.29, 1.82) is 0 Å². The Hall–Kier alpha value is -5.18. The predicted molar refractivity (Wildman–Crippen MR) is 131 cm³/mol. The highest BCUT2D eigenvalue weighted by Gasteiger charge is 2.35. The van der Waals surface area contributed by atoms with E-state index in [0.717, 1.165) is 4.90 Å². The standard InChI is InChI=1S/C28H18N2O7/c1-2-11-30-26(34)20-9-7-15(12-22(20)27(30)35)28(36)37-14-23(31)29-16-8-10-19-21(13-16)25(33)18-6-4-3-5-17(18)24(19)32/h2-10,12-13H,1,11,14H2,(H,29,31). The zero-order valence-electron chi connectivity index (χ0n) is 19.3. The molecule has 0 atom stereocenters. The number of ketones is 2. The summed E-state index contributed by atoms with van der Waals surface area (Å²) in [6, 6.07) is 14.8. The number of anilines is 1. The van der Waals surface area contributed by atoms with E-state index in [4.69, 9.17) is 4.74 Å². The van der Waals surface area contributed by atoms with Crippen LogP contribution >= 0.6 is 0 Å². The summed E-state index contributed by atoms with van der Waals surface area (Å²) in [5.41, 5.74) is 1.53. The molecule has 0 bridgehead atoms. The number of benzene rings is 3. The molecule has 9 heteroatoms. The Morgan fingerprint density at radius 1 is 0.784 bits per heavy atom. The Labute approximate surface area is 210 Å². The van der Waals surface area contributed by atoms with Crippen LogP contribution in [0.5, 0.6) is 0 Å². The monoisotopic (exact) mass is 494 g/mol. The molecule has 1 aliphatic carbocycles. The van der Waals surface area contributed by atoms with Crippen molar-refractivity contribution < 1.29 is 33.5 Å². The van der Waals surface area contributed by atoms with Gasteiger partial charge in [-0.1, -0.05) is 30.3 Å². The first kappa shape index (κ1) is 23.6. The number of rotatable bonds is 6. The number of carbonyl (C=O) groups is 6. The Bertz CT molecular complexity index is 1570.